The molecule has 0 bridgehead atoms. The summed E-state index contributed by atoms with van der Waals surface area (Å²) in [7, 11) is -1.47. The zero-order valence-corrected chi connectivity index (χ0v) is 28.0. The number of aromatic nitrogens is 1. The Kier molecular flexibility index (Phi) is 10.8. The second-order valence-electron chi connectivity index (χ2n) is 11.6. The van der Waals surface area contributed by atoms with Crippen LogP contribution in [0.4, 0.5) is 26.3 Å². The van der Waals surface area contributed by atoms with E-state index in [0.717, 1.165) is 0 Å². The first-order valence-corrected chi connectivity index (χ1v) is 16.8. The van der Waals surface area contributed by atoms with Gasteiger partial charge >= 0.3 is 12.4 Å². The van der Waals surface area contributed by atoms with Crippen LogP contribution >= 0.6 is 0 Å². The predicted molar refractivity (Wildman–Crippen MR) is 168 cm³/mol. The largest absolute Gasteiger partial charge is 0.493 e. The van der Waals surface area contributed by atoms with Crippen LogP contribution in [0.5, 0.6) is 11.5 Å². The topological polar surface area (TPSA) is 142 Å². The van der Waals surface area contributed by atoms with Gasteiger partial charge in [0.1, 0.15) is 25.5 Å². The van der Waals surface area contributed by atoms with Gasteiger partial charge in [-0.1, -0.05) is 36.4 Å². The van der Waals surface area contributed by atoms with E-state index in [1.807, 2.05) is 4.72 Å². The number of halogens is 6. The smallest absolute Gasteiger partial charge is 0.411 e. The summed E-state index contributed by atoms with van der Waals surface area (Å²) in [6.45, 7) is -1.95. The summed E-state index contributed by atoms with van der Waals surface area (Å²) in [6.07, 6.45) is -12.0. The number of para-hydroxylation sites is 1. The van der Waals surface area contributed by atoms with Crippen molar-refractivity contribution in [1.82, 2.24) is 15.0 Å². The number of ketones is 1. The lowest BCUT2D eigenvalue weighted by atomic mass is 9.82. The van der Waals surface area contributed by atoms with Crippen LogP contribution < -0.4 is 19.5 Å². The number of aryl methyl sites for hydroxylation is 1. The van der Waals surface area contributed by atoms with Crippen LogP contribution in [-0.4, -0.2) is 71.1 Å². The highest BCUT2D eigenvalue weighted by molar-refractivity contribution is 7.89. The molecule has 1 aliphatic carbocycles. The van der Waals surface area contributed by atoms with E-state index in [4.69, 9.17) is 18.9 Å². The second-order valence-corrected chi connectivity index (χ2v) is 13.4. The predicted octanol–water partition coefficient (Wildman–Crippen LogP) is 4.80. The molecule has 0 spiro atoms. The van der Waals surface area contributed by atoms with Gasteiger partial charge in [0.2, 0.25) is 15.9 Å². The number of amides is 1. The fraction of sp³-hybridized carbons (Fsp3) is 0.364. The molecular weight excluding hydrogens is 712 g/mol. The van der Waals surface area contributed by atoms with Crippen molar-refractivity contribution >= 4 is 27.3 Å². The number of sulfonamides is 1. The van der Waals surface area contributed by atoms with Gasteiger partial charge in [-0.05, 0) is 35.7 Å². The Morgan fingerprint density at radius 1 is 0.922 bits per heavy atom. The van der Waals surface area contributed by atoms with Gasteiger partial charge in [0, 0.05) is 28.5 Å². The van der Waals surface area contributed by atoms with Crippen LogP contribution in [0.2, 0.25) is 0 Å². The number of benzene rings is 2. The van der Waals surface area contributed by atoms with Gasteiger partial charge < -0.3 is 18.9 Å². The molecule has 0 saturated heterocycles. The number of Topliss-reactive ketones (excluding diaryl/α,β-unsaturated/α-hetero) is 1. The van der Waals surface area contributed by atoms with Crippen molar-refractivity contribution in [2.75, 3.05) is 27.4 Å². The van der Waals surface area contributed by atoms with Crippen molar-refractivity contribution in [3.63, 3.8) is 0 Å². The van der Waals surface area contributed by atoms with Gasteiger partial charge in [-0.15, -0.1) is 0 Å². The molecule has 1 aromatic heterocycles. The Hall–Kier alpha value is -4.52. The molecule has 274 valence electrons. The summed E-state index contributed by atoms with van der Waals surface area (Å²) in [6, 6.07) is 10.5. The maximum absolute atomic E-state index is 13.9. The van der Waals surface area contributed by atoms with E-state index in [-0.39, 0.29) is 40.1 Å². The van der Waals surface area contributed by atoms with E-state index >= 15 is 0 Å². The standard InChI is InChI=1S/C33H31F6N3O8S/c1-17-12-18(14-51(45,46)42-23(43)13-19-6-4-8-22(47-2)29(19)48-3)9-10-20(17)27-24-25(31(41-27)50-16-33(37,38)39)26-21(7-5-11-40-26)30(28(24)44)49-15-32(34,35)36/h4-12,27,30-31,41H,13-16H2,1-3H3,(H,42,43). The highest BCUT2D eigenvalue weighted by Crippen LogP contribution is 2.47. The lowest BCUT2D eigenvalue weighted by molar-refractivity contribution is -0.187. The van der Waals surface area contributed by atoms with Crippen LogP contribution in [0, 0.1) is 6.92 Å². The van der Waals surface area contributed by atoms with Crippen molar-refractivity contribution in [3.8, 4) is 11.5 Å². The van der Waals surface area contributed by atoms with Crippen LogP contribution in [0.25, 0.3) is 5.57 Å². The number of carbonyl (C=O) groups is 2. The van der Waals surface area contributed by atoms with Crippen LogP contribution in [0.15, 0.2) is 60.3 Å². The summed E-state index contributed by atoms with van der Waals surface area (Å²) in [5.41, 5.74) is 0.813. The molecule has 1 amide bonds. The molecule has 11 nitrogen and oxygen atoms in total. The summed E-state index contributed by atoms with van der Waals surface area (Å²) in [5, 5.41) is 2.83. The number of hydrogen-bond acceptors (Lipinski definition) is 10. The van der Waals surface area contributed by atoms with Crippen LogP contribution in [0.3, 0.4) is 0 Å². The Labute approximate surface area is 288 Å². The first-order chi connectivity index (χ1) is 23.9. The molecule has 0 radical (unpaired) electrons. The van der Waals surface area contributed by atoms with Gasteiger partial charge in [-0.2, -0.15) is 26.3 Å². The Balaban J connectivity index is 1.42. The summed E-state index contributed by atoms with van der Waals surface area (Å²) in [4.78, 5) is 30.7. The lowest BCUT2D eigenvalue weighted by Gasteiger charge is -2.28. The Morgan fingerprint density at radius 2 is 1.63 bits per heavy atom. The number of nitrogens with one attached hydrogen (secondary N) is 2. The third-order valence-corrected chi connectivity index (χ3v) is 9.23. The van der Waals surface area contributed by atoms with Gasteiger partial charge in [0.25, 0.3) is 0 Å². The SMILES string of the molecule is COc1cccc(CC(=O)NS(=O)(=O)Cc2ccc(C3NC(OCC(F)(F)F)C4=C3C(=O)C(OCC(F)(F)F)c3cccnc34)c(C)c2)c1OC. The van der Waals surface area contributed by atoms with E-state index < -0.39 is 71.4 Å². The summed E-state index contributed by atoms with van der Waals surface area (Å²) < 4.78 is 128. The number of hydrogen-bond donors (Lipinski definition) is 2. The number of alkyl halides is 6. The monoisotopic (exact) mass is 743 g/mol. The maximum Gasteiger partial charge on any atom is 0.411 e. The van der Waals surface area contributed by atoms with E-state index in [9.17, 15) is 44.3 Å². The molecular formula is C33H31F6N3O8S. The summed E-state index contributed by atoms with van der Waals surface area (Å²) in [5.74, 6) is -1.83. The van der Waals surface area contributed by atoms with Gasteiger partial charge in [0.15, 0.2) is 17.3 Å². The molecule has 3 unspecified atom stereocenters. The van der Waals surface area contributed by atoms with Crippen molar-refractivity contribution in [3.05, 3.63) is 93.8 Å². The summed E-state index contributed by atoms with van der Waals surface area (Å²) >= 11 is 0. The van der Waals surface area contributed by atoms with Crippen molar-refractivity contribution in [2.45, 2.75) is 49.8 Å². The normalized spacial score (nSPS) is 19.1. The van der Waals surface area contributed by atoms with E-state index in [1.165, 1.54) is 50.7 Å². The van der Waals surface area contributed by atoms with Crippen molar-refractivity contribution < 1.29 is 63.3 Å². The minimum atomic E-state index is -4.79. The van der Waals surface area contributed by atoms with Crippen LogP contribution in [0.1, 0.15) is 45.7 Å². The highest BCUT2D eigenvalue weighted by atomic mass is 32.2. The average molecular weight is 744 g/mol. The lowest BCUT2D eigenvalue weighted by Crippen LogP contribution is -2.34. The quantitative estimate of drug-likeness (QED) is 0.249. The number of pyridine rings is 1. The third kappa shape index (κ3) is 8.69. The number of nitrogens with zero attached hydrogens (tertiary/aromatic N) is 1. The molecule has 2 heterocycles. The zero-order valence-electron chi connectivity index (χ0n) is 27.1. The fourth-order valence-corrected chi connectivity index (χ4v) is 7.17. The first kappa shape index (κ1) is 37.7. The van der Waals surface area contributed by atoms with E-state index in [2.05, 4.69) is 10.3 Å². The highest BCUT2D eigenvalue weighted by Gasteiger charge is 2.48. The molecule has 3 atom stereocenters. The Morgan fingerprint density at radius 3 is 2.27 bits per heavy atom. The maximum atomic E-state index is 13.9. The van der Waals surface area contributed by atoms with E-state index in [1.54, 1.807) is 25.1 Å². The minimum Gasteiger partial charge on any atom is -0.493 e. The van der Waals surface area contributed by atoms with Crippen LogP contribution in [-0.2, 0) is 41.3 Å². The average Bonchev–Trinajstić information content (AvgIpc) is 3.42. The van der Waals surface area contributed by atoms with Gasteiger partial charge in [-0.3, -0.25) is 24.6 Å². The van der Waals surface area contributed by atoms with Crippen molar-refractivity contribution in [1.29, 1.82) is 0 Å². The molecule has 0 fully saturated rings. The first-order valence-electron chi connectivity index (χ1n) is 15.1. The number of rotatable bonds is 12. The molecule has 2 N–H and O–H groups in total. The second kappa shape index (κ2) is 14.6. The number of carbonyl (C=O) groups excluding carboxylic acids is 2. The molecule has 2 aliphatic rings. The van der Waals surface area contributed by atoms with E-state index in [0.29, 0.717) is 22.4 Å². The Bertz CT molecular complexity index is 1970. The molecule has 5 rings (SSSR count). The van der Waals surface area contributed by atoms with Crippen molar-refractivity contribution in [2.24, 2.45) is 0 Å². The van der Waals surface area contributed by atoms with Gasteiger partial charge in [-0.25, -0.2) is 8.42 Å². The third-order valence-electron chi connectivity index (χ3n) is 7.97. The fourth-order valence-electron chi connectivity index (χ4n) is 6.06. The number of fused-ring (bicyclic) bond motifs is 2. The zero-order chi connectivity index (χ0) is 37.3. The number of methoxy groups -OCH3 is 2. The molecule has 1 aliphatic heterocycles. The molecule has 2 aromatic carbocycles. The van der Waals surface area contributed by atoms with Gasteiger partial charge in [0.05, 0.1) is 38.1 Å². The molecule has 0 saturated carbocycles. The minimum absolute atomic E-state index is 0.0656. The molecule has 18 heteroatoms. The number of ether oxygens (including phenoxy) is 4. The molecule has 3 aromatic rings. The molecule has 51 heavy (non-hydrogen) atoms.